The molecule has 5 rings (SSSR count). The van der Waals surface area contributed by atoms with Gasteiger partial charge in [0.15, 0.2) is 6.61 Å². The number of carbonyl (C=O) groups excluding carboxylic acids is 2. The van der Waals surface area contributed by atoms with E-state index in [1.807, 2.05) is 35.2 Å². The fraction of sp³-hybridized carbons (Fsp3) is 0.350. The van der Waals surface area contributed by atoms with Gasteiger partial charge in [0, 0.05) is 26.2 Å². The van der Waals surface area contributed by atoms with Gasteiger partial charge in [0.1, 0.15) is 5.75 Å². The van der Waals surface area contributed by atoms with Gasteiger partial charge >= 0.3 is 0 Å². The third-order valence-electron chi connectivity index (χ3n) is 8.64. The average molecular weight is 618 g/mol. The highest BCUT2D eigenvalue weighted by Crippen LogP contribution is 2.36. The number of piperazine rings is 1. The SMILES string of the molecule is CC(C)(C)c1ccc(OCC(=O)Nc2ccccc2C(=O)N2CCN(C(c3ccccc3)c3ccccc3)CC2)c(C(C)(C)C)c1. The number of benzene rings is 4. The molecule has 6 nitrogen and oxygen atoms in total. The summed E-state index contributed by atoms with van der Waals surface area (Å²) in [5.74, 6) is 0.306. The second kappa shape index (κ2) is 13.9. The molecule has 0 aliphatic carbocycles. The zero-order chi connectivity index (χ0) is 32.9. The summed E-state index contributed by atoms with van der Waals surface area (Å²) < 4.78 is 6.08. The van der Waals surface area contributed by atoms with Gasteiger partial charge in [-0.15, -0.1) is 0 Å². The maximum Gasteiger partial charge on any atom is 0.262 e. The summed E-state index contributed by atoms with van der Waals surface area (Å²) in [6.45, 7) is 15.5. The number of nitrogens with one attached hydrogen (secondary N) is 1. The van der Waals surface area contributed by atoms with Crippen molar-refractivity contribution >= 4 is 17.5 Å². The van der Waals surface area contributed by atoms with Crippen LogP contribution in [0.5, 0.6) is 5.75 Å². The highest BCUT2D eigenvalue weighted by Gasteiger charge is 2.30. The van der Waals surface area contributed by atoms with Crippen LogP contribution in [0.15, 0.2) is 103 Å². The van der Waals surface area contributed by atoms with E-state index in [9.17, 15) is 9.59 Å². The summed E-state index contributed by atoms with van der Waals surface area (Å²) in [6, 6.07) is 34.6. The van der Waals surface area contributed by atoms with Gasteiger partial charge in [-0.2, -0.15) is 0 Å². The Labute approximate surface area is 274 Å². The number of para-hydroxylation sites is 1. The molecule has 0 aromatic heterocycles. The number of hydrogen-bond acceptors (Lipinski definition) is 4. The van der Waals surface area contributed by atoms with Crippen molar-refractivity contribution in [3.8, 4) is 5.75 Å². The lowest BCUT2D eigenvalue weighted by Crippen LogP contribution is -2.50. The highest BCUT2D eigenvalue weighted by atomic mass is 16.5. The molecule has 1 aliphatic heterocycles. The Hall–Kier alpha value is -4.42. The molecule has 0 atom stereocenters. The maximum atomic E-state index is 13.8. The number of anilines is 1. The van der Waals surface area contributed by atoms with Crippen LogP contribution in [-0.4, -0.2) is 54.4 Å². The molecule has 0 bridgehead atoms. The molecule has 6 heteroatoms. The van der Waals surface area contributed by atoms with E-state index in [4.69, 9.17) is 4.74 Å². The van der Waals surface area contributed by atoms with E-state index in [0.717, 1.165) is 18.7 Å². The van der Waals surface area contributed by atoms with Gasteiger partial charge in [-0.3, -0.25) is 14.5 Å². The lowest BCUT2D eigenvalue weighted by molar-refractivity contribution is -0.118. The molecule has 46 heavy (non-hydrogen) atoms. The van der Waals surface area contributed by atoms with Gasteiger partial charge < -0.3 is 15.0 Å². The molecule has 1 heterocycles. The number of nitrogens with zero attached hydrogens (tertiary/aromatic N) is 2. The van der Waals surface area contributed by atoms with Crippen LogP contribution in [0, 0.1) is 0 Å². The van der Waals surface area contributed by atoms with E-state index in [1.165, 1.54) is 16.7 Å². The Kier molecular flexibility index (Phi) is 9.97. The summed E-state index contributed by atoms with van der Waals surface area (Å²) in [5.41, 5.74) is 5.59. The molecule has 1 saturated heterocycles. The van der Waals surface area contributed by atoms with Gasteiger partial charge in [-0.25, -0.2) is 0 Å². The van der Waals surface area contributed by atoms with Crippen LogP contribution in [0.1, 0.15) is 80.2 Å². The minimum absolute atomic E-state index is 0.00426. The predicted molar refractivity (Wildman–Crippen MR) is 187 cm³/mol. The number of amides is 2. The molecule has 4 aromatic carbocycles. The Balaban J connectivity index is 1.24. The third kappa shape index (κ3) is 7.86. The minimum atomic E-state index is -0.307. The molecule has 0 saturated carbocycles. The molecule has 2 amide bonds. The molecule has 0 unspecified atom stereocenters. The fourth-order valence-electron chi connectivity index (χ4n) is 6.05. The molecular formula is C40H47N3O3. The number of carbonyl (C=O) groups is 2. The molecule has 1 fully saturated rings. The van der Waals surface area contributed by atoms with Crippen LogP contribution in [0.3, 0.4) is 0 Å². The first kappa shape index (κ1) is 33.0. The van der Waals surface area contributed by atoms with E-state index in [-0.39, 0.29) is 35.3 Å². The van der Waals surface area contributed by atoms with E-state index in [1.54, 1.807) is 12.1 Å². The molecule has 240 valence electrons. The summed E-state index contributed by atoms with van der Waals surface area (Å²) in [5, 5.41) is 2.94. The summed E-state index contributed by atoms with van der Waals surface area (Å²) in [4.78, 5) is 31.3. The lowest BCUT2D eigenvalue weighted by atomic mass is 9.80. The minimum Gasteiger partial charge on any atom is -0.483 e. The largest absolute Gasteiger partial charge is 0.483 e. The van der Waals surface area contributed by atoms with Gasteiger partial charge in [-0.1, -0.05) is 126 Å². The molecule has 1 N–H and O–H groups in total. The Bertz CT molecular complexity index is 1590. The van der Waals surface area contributed by atoms with Crippen molar-refractivity contribution in [3.05, 3.63) is 131 Å². The van der Waals surface area contributed by atoms with Crippen molar-refractivity contribution in [2.24, 2.45) is 0 Å². The zero-order valence-electron chi connectivity index (χ0n) is 28.0. The first-order valence-corrected chi connectivity index (χ1v) is 16.2. The van der Waals surface area contributed by atoms with Crippen molar-refractivity contribution in [1.82, 2.24) is 9.80 Å². The first-order valence-electron chi connectivity index (χ1n) is 16.2. The topological polar surface area (TPSA) is 61.9 Å². The van der Waals surface area contributed by atoms with E-state index >= 15 is 0 Å². The van der Waals surface area contributed by atoms with Gasteiger partial charge in [0.2, 0.25) is 0 Å². The number of ether oxygens (including phenoxy) is 1. The molecular weight excluding hydrogens is 570 g/mol. The Morgan fingerprint density at radius 1 is 0.717 bits per heavy atom. The monoisotopic (exact) mass is 617 g/mol. The molecule has 4 aromatic rings. The third-order valence-corrected chi connectivity index (χ3v) is 8.64. The second-order valence-corrected chi connectivity index (χ2v) is 14.1. The number of rotatable bonds is 8. The van der Waals surface area contributed by atoms with Gasteiger partial charge in [-0.05, 0) is 51.3 Å². The van der Waals surface area contributed by atoms with Crippen LogP contribution >= 0.6 is 0 Å². The van der Waals surface area contributed by atoms with Crippen LogP contribution < -0.4 is 10.1 Å². The van der Waals surface area contributed by atoms with Crippen molar-refractivity contribution in [3.63, 3.8) is 0 Å². The smallest absolute Gasteiger partial charge is 0.262 e. The van der Waals surface area contributed by atoms with Crippen molar-refractivity contribution < 1.29 is 14.3 Å². The van der Waals surface area contributed by atoms with E-state index in [2.05, 4.69) is 112 Å². The van der Waals surface area contributed by atoms with Crippen LogP contribution in [0.2, 0.25) is 0 Å². The standard InChI is InChI=1S/C40H47N3O3/c1-39(2,3)31-21-22-35(33(27-31)40(4,5)6)46-28-36(44)41-34-20-14-13-19-32(34)38(45)43-25-23-42(24-26-43)37(29-15-9-7-10-16-29)30-17-11-8-12-18-30/h7-22,27,37H,23-26,28H2,1-6H3,(H,41,44). The van der Waals surface area contributed by atoms with Gasteiger partial charge in [0.25, 0.3) is 11.8 Å². The second-order valence-electron chi connectivity index (χ2n) is 14.1. The fourth-order valence-corrected chi connectivity index (χ4v) is 6.05. The van der Waals surface area contributed by atoms with Crippen molar-refractivity contribution in [1.29, 1.82) is 0 Å². The highest BCUT2D eigenvalue weighted by molar-refractivity contribution is 6.04. The Morgan fingerprint density at radius 2 is 1.28 bits per heavy atom. The average Bonchev–Trinajstić information content (AvgIpc) is 3.04. The van der Waals surface area contributed by atoms with Crippen LogP contribution in [0.25, 0.3) is 0 Å². The zero-order valence-corrected chi connectivity index (χ0v) is 28.0. The number of hydrogen-bond donors (Lipinski definition) is 1. The molecule has 1 aliphatic rings. The van der Waals surface area contributed by atoms with Gasteiger partial charge in [0.05, 0.1) is 17.3 Å². The summed E-state index contributed by atoms with van der Waals surface area (Å²) >= 11 is 0. The van der Waals surface area contributed by atoms with E-state index < -0.39 is 0 Å². The quantitative estimate of drug-likeness (QED) is 0.219. The predicted octanol–water partition coefficient (Wildman–Crippen LogP) is 7.85. The maximum absolute atomic E-state index is 13.8. The molecule has 0 spiro atoms. The van der Waals surface area contributed by atoms with Crippen LogP contribution in [-0.2, 0) is 15.6 Å². The summed E-state index contributed by atoms with van der Waals surface area (Å²) in [7, 11) is 0. The molecule has 0 radical (unpaired) electrons. The lowest BCUT2D eigenvalue weighted by Gasteiger charge is -2.40. The normalized spacial score (nSPS) is 14.3. The first-order chi connectivity index (χ1) is 21.9. The van der Waals surface area contributed by atoms with Crippen molar-refractivity contribution in [2.75, 3.05) is 38.1 Å². The van der Waals surface area contributed by atoms with E-state index in [0.29, 0.717) is 30.1 Å². The summed E-state index contributed by atoms with van der Waals surface area (Å²) in [6.07, 6.45) is 0. The van der Waals surface area contributed by atoms with Crippen LogP contribution in [0.4, 0.5) is 5.69 Å². The van der Waals surface area contributed by atoms with Crippen molar-refractivity contribution in [2.45, 2.75) is 58.4 Å². The Morgan fingerprint density at radius 3 is 1.85 bits per heavy atom.